The molecule has 0 bridgehead atoms. The summed E-state index contributed by atoms with van der Waals surface area (Å²) in [6.07, 6.45) is 0. The minimum absolute atomic E-state index is 0.00591. The Hall–Kier alpha value is -2.38. The second-order valence-electron chi connectivity index (χ2n) is 6.30. The van der Waals surface area contributed by atoms with Gasteiger partial charge in [0.15, 0.2) is 0 Å². The summed E-state index contributed by atoms with van der Waals surface area (Å²) in [6.45, 7) is 7.09. The van der Waals surface area contributed by atoms with E-state index < -0.39 is 22.0 Å². The summed E-state index contributed by atoms with van der Waals surface area (Å²) in [7, 11) is -2.51. The zero-order chi connectivity index (χ0) is 19.5. The first-order valence-electron chi connectivity index (χ1n) is 8.19. The van der Waals surface area contributed by atoms with Crippen LogP contribution in [0, 0.1) is 20.8 Å². The number of nitrogens with one attached hydrogen (secondary N) is 2. The van der Waals surface area contributed by atoms with Gasteiger partial charge in [-0.25, -0.2) is 8.42 Å². The molecule has 0 fully saturated rings. The lowest BCUT2D eigenvalue weighted by molar-refractivity contribution is -0.117. The standard InChI is InChI=1S/C19H24N2O4S/c1-12-6-8-14(3)16(10-12)20-19(22)15(4)21-26(23,24)18-11-13(2)7-9-17(18)25-5/h6-11,15,21H,1-5H3,(H,20,22)/t15-/m0/s1. The highest BCUT2D eigenvalue weighted by molar-refractivity contribution is 7.89. The third-order valence-corrected chi connectivity index (χ3v) is 5.55. The molecule has 0 aromatic heterocycles. The Labute approximate surface area is 154 Å². The van der Waals surface area contributed by atoms with Crippen molar-refractivity contribution in [1.82, 2.24) is 4.72 Å². The molecule has 0 saturated heterocycles. The van der Waals surface area contributed by atoms with Crippen molar-refractivity contribution >= 4 is 21.6 Å². The lowest BCUT2D eigenvalue weighted by Crippen LogP contribution is -2.41. The van der Waals surface area contributed by atoms with Crippen molar-refractivity contribution < 1.29 is 17.9 Å². The first-order chi connectivity index (χ1) is 12.1. The SMILES string of the molecule is COc1ccc(C)cc1S(=O)(=O)N[C@@H](C)C(=O)Nc1cc(C)ccc1C. The quantitative estimate of drug-likeness (QED) is 0.812. The van der Waals surface area contributed by atoms with Crippen molar-refractivity contribution in [2.75, 3.05) is 12.4 Å². The third-order valence-electron chi connectivity index (χ3n) is 3.98. The number of benzene rings is 2. The summed E-state index contributed by atoms with van der Waals surface area (Å²) in [4.78, 5) is 12.4. The maximum Gasteiger partial charge on any atom is 0.244 e. The van der Waals surface area contributed by atoms with Gasteiger partial charge in [-0.1, -0.05) is 18.2 Å². The van der Waals surface area contributed by atoms with Crippen LogP contribution in [0.3, 0.4) is 0 Å². The van der Waals surface area contributed by atoms with Gasteiger partial charge in [0.1, 0.15) is 10.6 Å². The summed E-state index contributed by atoms with van der Waals surface area (Å²) in [5.74, 6) is -0.209. The van der Waals surface area contributed by atoms with Gasteiger partial charge in [-0.15, -0.1) is 0 Å². The highest BCUT2D eigenvalue weighted by Gasteiger charge is 2.25. The van der Waals surface area contributed by atoms with Gasteiger partial charge < -0.3 is 10.1 Å². The summed E-state index contributed by atoms with van der Waals surface area (Å²) in [5.41, 5.74) is 3.34. The van der Waals surface area contributed by atoms with Crippen molar-refractivity contribution in [2.45, 2.75) is 38.6 Å². The fraction of sp³-hybridized carbons (Fsp3) is 0.316. The fourth-order valence-electron chi connectivity index (χ4n) is 2.46. The Morgan fingerprint density at radius 1 is 1.04 bits per heavy atom. The smallest absolute Gasteiger partial charge is 0.244 e. The van der Waals surface area contributed by atoms with E-state index in [1.807, 2.05) is 32.0 Å². The number of aryl methyl sites for hydroxylation is 3. The Morgan fingerprint density at radius 2 is 1.65 bits per heavy atom. The molecule has 0 radical (unpaired) electrons. The normalized spacial score (nSPS) is 12.5. The second kappa shape index (κ2) is 7.88. The van der Waals surface area contributed by atoms with Crippen LogP contribution in [0.1, 0.15) is 23.6 Å². The van der Waals surface area contributed by atoms with E-state index in [1.54, 1.807) is 19.1 Å². The maximum absolute atomic E-state index is 12.7. The molecule has 0 aliphatic heterocycles. The van der Waals surface area contributed by atoms with Crippen molar-refractivity contribution in [2.24, 2.45) is 0 Å². The van der Waals surface area contributed by atoms with Crippen LogP contribution < -0.4 is 14.8 Å². The van der Waals surface area contributed by atoms with E-state index in [4.69, 9.17) is 4.74 Å². The zero-order valence-electron chi connectivity index (χ0n) is 15.6. The number of hydrogen-bond donors (Lipinski definition) is 2. The van der Waals surface area contributed by atoms with Crippen LogP contribution in [0.4, 0.5) is 5.69 Å². The largest absolute Gasteiger partial charge is 0.495 e. The third kappa shape index (κ3) is 4.62. The molecular weight excluding hydrogens is 352 g/mol. The molecule has 0 spiro atoms. The van der Waals surface area contributed by atoms with Crippen LogP contribution in [0.2, 0.25) is 0 Å². The van der Waals surface area contributed by atoms with E-state index in [9.17, 15) is 13.2 Å². The molecule has 140 valence electrons. The van der Waals surface area contributed by atoms with Gasteiger partial charge >= 0.3 is 0 Å². The van der Waals surface area contributed by atoms with Crippen molar-refractivity contribution in [3.63, 3.8) is 0 Å². The lowest BCUT2D eigenvalue weighted by Gasteiger charge is -2.17. The summed E-state index contributed by atoms with van der Waals surface area (Å²) >= 11 is 0. The molecule has 1 atom stereocenters. The van der Waals surface area contributed by atoms with E-state index in [0.29, 0.717) is 5.69 Å². The Kier molecular flexibility index (Phi) is 6.05. The summed E-state index contributed by atoms with van der Waals surface area (Å²) in [6, 6.07) is 9.59. The van der Waals surface area contributed by atoms with Crippen LogP contribution in [0.15, 0.2) is 41.3 Å². The molecule has 0 aliphatic carbocycles. The van der Waals surface area contributed by atoms with E-state index >= 15 is 0 Å². The molecule has 7 heteroatoms. The van der Waals surface area contributed by atoms with Gasteiger partial charge in [0.05, 0.1) is 13.2 Å². The first kappa shape index (κ1) is 19.9. The molecule has 1 amide bonds. The molecule has 2 rings (SSSR count). The topological polar surface area (TPSA) is 84.5 Å². The molecular formula is C19H24N2O4S. The molecule has 0 unspecified atom stereocenters. The van der Waals surface area contributed by atoms with E-state index in [-0.39, 0.29) is 10.6 Å². The average Bonchev–Trinajstić information content (AvgIpc) is 2.57. The molecule has 2 aromatic carbocycles. The highest BCUT2D eigenvalue weighted by Crippen LogP contribution is 2.25. The monoisotopic (exact) mass is 376 g/mol. The van der Waals surface area contributed by atoms with Crippen LogP contribution in [0.25, 0.3) is 0 Å². The summed E-state index contributed by atoms with van der Waals surface area (Å²) in [5, 5.41) is 2.77. The number of carbonyl (C=O) groups is 1. The minimum Gasteiger partial charge on any atom is -0.495 e. The number of carbonyl (C=O) groups excluding carboxylic acids is 1. The van der Waals surface area contributed by atoms with E-state index in [2.05, 4.69) is 10.0 Å². The molecule has 6 nitrogen and oxygen atoms in total. The van der Waals surface area contributed by atoms with Crippen molar-refractivity contribution in [1.29, 1.82) is 0 Å². The average molecular weight is 376 g/mol. The molecule has 26 heavy (non-hydrogen) atoms. The van der Waals surface area contributed by atoms with Crippen molar-refractivity contribution in [3.8, 4) is 5.75 Å². The second-order valence-corrected chi connectivity index (χ2v) is 7.99. The number of anilines is 1. The van der Waals surface area contributed by atoms with Gasteiger partial charge in [0.25, 0.3) is 0 Å². The number of amides is 1. The number of methoxy groups -OCH3 is 1. The Balaban J connectivity index is 2.20. The fourth-order valence-corrected chi connectivity index (χ4v) is 3.91. The van der Waals surface area contributed by atoms with Gasteiger partial charge in [-0.05, 0) is 62.6 Å². The predicted octanol–water partition coefficient (Wildman–Crippen LogP) is 2.93. The molecule has 0 saturated carbocycles. The predicted molar refractivity (Wildman–Crippen MR) is 102 cm³/mol. The number of hydrogen-bond acceptors (Lipinski definition) is 4. The molecule has 2 N–H and O–H groups in total. The molecule has 0 heterocycles. The number of sulfonamides is 1. The Bertz CT molecular complexity index is 923. The molecule has 2 aromatic rings. The maximum atomic E-state index is 12.7. The zero-order valence-corrected chi connectivity index (χ0v) is 16.4. The number of ether oxygens (including phenoxy) is 1. The van der Waals surface area contributed by atoms with E-state index in [0.717, 1.165) is 16.7 Å². The highest BCUT2D eigenvalue weighted by atomic mass is 32.2. The van der Waals surface area contributed by atoms with E-state index in [1.165, 1.54) is 20.1 Å². The van der Waals surface area contributed by atoms with Gasteiger partial charge in [-0.2, -0.15) is 4.72 Å². The van der Waals surface area contributed by atoms with Crippen LogP contribution in [-0.4, -0.2) is 27.5 Å². The van der Waals surface area contributed by atoms with Crippen molar-refractivity contribution in [3.05, 3.63) is 53.1 Å². The summed E-state index contributed by atoms with van der Waals surface area (Å²) < 4.78 is 32.9. The van der Waals surface area contributed by atoms with Gasteiger partial charge in [0.2, 0.25) is 15.9 Å². The first-order valence-corrected chi connectivity index (χ1v) is 9.67. The molecule has 0 aliphatic rings. The Morgan fingerprint density at radius 3 is 2.31 bits per heavy atom. The van der Waals surface area contributed by atoms with Crippen LogP contribution in [0.5, 0.6) is 5.75 Å². The lowest BCUT2D eigenvalue weighted by atomic mass is 10.1. The van der Waals surface area contributed by atoms with Gasteiger partial charge in [-0.3, -0.25) is 4.79 Å². The minimum atomic E-state index is -3.92. The van der Waals surface area contributed by atoms with Crippen LogP contribution in [-0.2, 0) is 14.8 Å². The van der Waals surface area contributed by atoms with Gasteiger partial charge in [0, 0.05) is 5.69 Å². The van der Waals surface area contributed by atoms with Crippen LogP contribution >= 0.6 is 0 Å². The number of rotatable bonds is 6.